The summed E-state index contributed by atoms with van der Waals surface area (Å²) in [4.78, 5) is 19.4. The smallest absolute Gasteiger partial charge is 0.321 e. The maximum atomic E-state index is 14.3. The number of carbonyl (C=O) groups excluding carboxylic acids is 1. The van der Waals surface area contributed by atoms with Crippen molar-refractivity contribution in [2.24, 2.45) is 0 Å². The summed E-state index contributed by atoms with van der Waals surface area (Å²) in [5, 5.41) is 37.0. The van der Waals surface area contributed by atoms with E-state index in [0.29, 0.717) is 54.8 Å². The van der Waals surface area contributed by atoms with Crippen LogP contribution in [0.4, 0.5) is 22.1 Å². The number of amides is 1. The van der Waals surface area contributed by atoms with E-state index in [-0.39, 0.29) is 17.3 Å². The van der Waals surface area contributed by atoms with Crippen molar-refractivity contribution in [1.82, 2.24) is 30.1 Å². The van der Waals surface area contributed by atoms with Crippen LogP contribution in [0.2, 0.25) is 0 Å². The molecule has 3 N–H and O–H groups in total. The normalized spacial score (nSPS) is 14.7. The highest BCUT2D eigenvalue weighted by Gasteiger charge is 2.27. The molecule has 4 aromatic heterocycles. The summed E-state index contributed by atoms with van der Waals surface area (Å²) in [5.41, 5.74) is 0.915. The van der Waals surface area contributed by atoms with E-state index in [1.54, 1.807) is 28.8 Å². The fourth-order valence-electron chi connectivity index (χ4n) is 3.93. The number of ether oxygens (including phenoxy) is 1. The number of aliphatic hydroxyl groups is 1. The third kappa shape index (κ3) is 5.64. The number of nitrogens with one attached hydrogen (secondary N) is 2. The lowest BCUT2D eigenvalue weighted by Crippen LogP contribution is -2.42. The van der Waals surface area contributed by atoms with E-state index in [1.165, 1.54) is 26.2 Å². The van der Waals surface area contributed by atoms with Crippen LogP contribution in [0, 0.1) is 11.3 Å². The minimum Gasteiger partial charge on any atom is -0.389 e. The van der Waals surface area contributed by atoms with Gasteiger partial charge in [0.25, 0.3) is 5.91 Å². The fourth-order valence-corrected chi connectivity index (χ4v) is 3.93. The molecule has 1 aliphatic rings. The van der Waals surface area contributed by atoms with Crippen LogP contribution in [0.25, 0.3) is 16.9 Å². The number of carbonyl (C=O) groups is 1. The number of pyridine rings is 1. The quantitative estimate of drug-likeness (QED) is 0.302. The molecule has 1 atom stereocenters. The van der Waals surface area contributed by atoms with E-state index < -0.39 is 24.2 Å². The summed E-state index contributed by atoms with van der Waals surface area (Å²) >= 11 is 0. The van der Waals surface area contributed by atoms with Crippen molar-refractivity contribution in [3.05, 3.63) is 47.8 Å². The average molecular weight is 536 g/mol. The predicted octanol–water partition coefficient (Wildman–Crippen LogP) is 2.07. The lowest BCUT2D eigenvalue weighted by molar-refractivity contribution is -0.00177. The molecule has 13 nitrogen and oxygen atoms in total. The van der Waals surface area contributed by atoms with Crippen LogP contribution in [0.3, 0.4) is 0 Å². The van der Waals surface area contributed by atoms with Gasteiger partial charge in [-0.1, -0.05) is 10.2 Å². The van der Waals surface area contributed by atoms with Crippen LogP contribution in [0.1, 0.15) is 29.8 Å². The Balaban J connectivity index is 1.47. The van der Waals surface area contributed by atoms with Gasteiger partial charge in [-0.2, -0.15) is 10.4 Å². The molecule has 1 fully saturated rings. The van der Waals surface area contributed by atoms with Crippen LogP contribution in [-0.4, -0.2) is 80.4 Å². The van der Waals surface area contributed by atoms with E-state index in [9.17, 15) is 14.3 Å². The van der Waals surface area contributed by atoms with Crippen molar-refractivity contribution >= 4 is 29.1 Å². The number of anilines is 3. The minimum atomic E-state index is -1.69. The highest BCUT2D eigenvalue weighted by atomic mass is 19.1. The predicted molar refractivity (Wildman–Crippen MR) is 137 cm³/mol. The number of rotatable bonds is 8. The zero-order valence-corrected chi connectivity index (χ0v) is 21.3. The van der Waals surface area contributed by atoms with E-state index in [2.05, 4.69) is 37.0 Å². The van der Waals surface area contributed by atoms with Gasteiger partial charge in [0, 0.05) is 19.3 Å². The van der Waals surface area contributed by atoms with Crippen LogP contribution < -0.4 is 15.5 Å². The van der Waals surface area contributed by atoms with Gasteiger partial charge >= 0.3 is 12.0 Å². The molecule has 0 aromatic carbocycles. The molecule has 5 rings (SSSR count). The number of nitrogens with zero attached hydrogens (tertiary/aromatic N) is 7. The second-order valence-corrected chi connectivity index (χ2v) is 9.47. The summed E-state index contributed by atoms with van der Waals surface area (Å²) in [5.74, 6) is -0.617. The number of hydrogen-bond acceptors (Lipinski definition) is 11. The summed E-state index contributed by atoms with van der Waals surface area (Å²) < 4.78 is 27.0. The molecule has 0 bridgehead atoms. The van der Waals surface area contributed by atoms with Crippen LogP contribution in [0.15, 0.2) is 41.1 Å². The van der Waals surface area contributed by atoms with Gasteiger partial charge in [-0.3, -0.25) is 9.78 Å². The van der Waals surface area contributed by atoms with Gasteiger partial charge in [0.05, 0.1) is 65.3 Å². The van der Waals surface area contributed by atoms with E-state index in [4.69, 9.17) is 14.4 Å². The fraction of sp³-hybridized carbons (Fsp3) is 0.360. The Morgan fingerprint density at radius 2 is 2.05 bits per heavy atom. The molecule has 0 saturated carbocycles. The zero-order chi connectivity index (χ0) is 27.6. The van der Waals surface area contributed by atoms with Gasteiger partial charge in [-0.15, -0.1) is 0 Å². The molecule has 0 aliphatic carbocycles. The van der Waals surface area contributed by atoms with Crippen molar-refractivity contribution in [3.63, 3.8) is 0 Å². The number of nitriles is 1. The first-order valence-electron chi connectivity index (χ1n) is 12.2. The lowest BCUT2D eigenvalue weighted by atomic mass is 10.0. The molecule has 5 heterocycles. The SMILES string of the molecule is CC(C)(O)[C@H](F)CNC(=O)c1cnc(-c2ccc3cc(C#N)cnn23)cc1Nc1nnc(N2CCOCC2)o1. The van der Waals surface area contributed by atoms with Gasteiger partial charge in [0.1, 0.15) is 12.2 Å². The molecule has 39 heavy (non-hydrogen) atoms. The largest absolute Gasteiger partial charge is 0.389 e. The van der Waals surface area contributed by atoms with Crippen molar-refractivity contribution in [2.45, 2.75) is 25.6 Å². The molecule has 4 aromatic rings. The second-order valence-electron chi connectivity index (χ2n) is 9.47. The van der Waals surface area contributed by atoms with E-state index in [0.717, 1.165) is 0 Å². The van der Waals surface area contributed by atoms with Gasteiger partial charge in [0.2, 0.25) is 0 Å². The molecular formula is C25H26FN9O4. The monoisotopic (exact) mass is 535 g/mol. The molecular weight excluding hydrogens is 509 g/mol. The number of aromatic nitrogens is 5. The Labute approximate surface area is 222 Å². The first-order chi connectivity index (χ1) is 18.7. The minimum absolute atomic E-state index is 0.0411. The third-order valence-corrected chi connectivity index (χ3v) is 6.19. The van der Waals surface area contributed by atoms with Gasteiger partial charge in [-0.25, -0.2) is 8.91 Å². The van der Waals surface area contributed by atoms with Crippen molar-refractivity contribution < 1.29 is 23.4 Å². The van der Waals surface area contributed by atoms with Crippen LogP contribution in [0.5, 0.6) is 0 Å². The number of morpholine rings is 1. The van der Waals surface area contributed by atoms with Crippen LogP contribution >= 0.6 is 0 Å². The topological polar surface area (TPSA) is 167 Å². The van der Waals surface area contributed by atoms with Gasteiger partial charge < -0.3 is 29.8 Å². The number of alkyl halides is 1. The zero-order valence-electron chi connectivity index (χ0n) is 21.3. The lowest BCUT2D eigenvalue weighted by Gasteiger charge is -2.24. The van der Waals surface area contributed by atoms with Gasteiger partial charge in [0.15, 0.2) is 0 Å². The summed E-state index contributed by atoms with van der Waals surface area (Å²) in [6, 6.07) is 9.29. The standard InChI is InChI=1S/C25H26FN9O4/c1-25(2,37)21(26)14-29-22(36)17-13-28-19(20-4-3-16-9-15(11-27)12-30-35(16)20)10-18(17)31-23-32-33-24(39-23)34-5-7-38-8-6-34/h3-4,9-10,12-13,21,37H,5-8,14H2,1-2H3,(H,29,36)(H,28,31,32)/t21-/m1/s1. The maximum absolute atomic E-state index is 14.3. The second kappa shape index (κ2) is 10.6. The highest BCUT2D eigenvalue weighted by molar-refractivity contribution is 6.00. The molecule has 0 spiro atoms. The first-order valence-corrected chi connectivity index (χ1v) is 12.2. The Hall–Kier alpha value is -4.61. The van der Waals surface area contributed by atoms with Crippen molar-refractivity contribution in [1.29, 1.82) is 5.26 Å². The third-order valence-electron chi connectivity index (χ3n) is 6.19. The Morgan fingerprint density at radius 1 is 1.26 bits per heavy atom. The maximum Gasteiger partial charge on any atom is 0.321 e. The van der Waals surface area contributed by atoms with Crippen molar-refractivity contribution in [3.8, 4) is 17.5 Å². The number of halogens is 1. The molecule has 1 aliphatic heterocycles. The Kier molecular flexibility index (Phi) is 7.09. The summed E-state index contributed by atoms with van der Waals surface area (Å²) in [6.07, 6.45) is 1.10. The number of hydrogen-bond donors (Lipinski definition) is 3. The molecule has 14 heteroatoms. The highest BCUT2D eigenvalue weighted by Crippen LogP contribution is 2.28. The Bertz CT molecular complexity index is 1530. The number of fused-ring (bicyclic) bond motifs is 1. The Morgan fingerprint density at radius 3 is 2.79 bits per heavy atom. The van der Waals surface area contributed by atoms with E-state index >= 15 is 0 Å². The van der Waals surface area contributed by atoms with E-state index in [1.807, 2.05) is 4.90 Å². The molecule has 1 amide bonds. The van der Waals surface area contributed by atoms with Crippen molar-refractivity contribution in [2.75, 3.05) is 43.1 Å². The van der Waals surface area contributed by atoms with Crippen LogP contribution in [-0.2, 0) is 4.74 Å². The summed E-state index contributed by atoms with van der Waals surface area (Å²) in [6.45, 7) is 4.52. The molecule has 1 saturated heterocycles. The molecule has 0 unspecified atom stereocenters. The molecule has 0 radical (unpaired) electrons. The molecule has 202 valence electrons. The average Bonchev–Trinajstić information content (AvgIpc) is 3.58. The van der Waals surface area contributed by atoms with Gasteiger partial charge in [-0.05, 0) is 38.1 Å². The first kappa shape index (κ1) is 26.0. The summed E-state index contributed by atoms with van der Waals surface area (Å²) in [7, 11) is 0.